The second kappa shape index (κ2) is 11.2. The lowest BCUT2D eigenvalue weighted by Crippen LogP contribution is -2.46. The van der Waals surface area contributed by atoms with Crippen LogP contribution in [0, 0.1) is 11.8 Å². The maximum Gasteiger partial charge on any atom is 0.0891 e. The zero-order chi connectivity index (χ0) is 21.3. The van der Waals surface area contributed by atoms with E-state index in [9.17, 15) is 5.11 Å². The minimum atomic E-state index is -0.110. The lowest BCUT2D eigenvalue weighted by Gasteiger charge is -2.41. The Kier molecular flexibility index (Phi) is 7.89. The van der Waals surface area contributed by atoms with E-state index in [1.807, 2.05) is 36.4 Å². The van der Waals surface area contributed by atoms with E-state index in [2.05, 4.69) is 54.6 Å². The molecule has 4 rings (SSSR count). The molecule has 3 nitrogen and oxygen atoms in total. The molecule has 31 heavy (non-hydrogen) atoms. The highest BCUT2D eigenvalue weighted by Crippen LogP contribution is 2.36. The standard InChI is InChI=1S/C28H32O3/c29-19-26-17-25(16-22-10-4-1-5-11-22)18-27(30-20-23-12-6-2-7-13-23)28(26)31-21-24-14-8-3-9-15-24/h1-15,25-29H,16-21H2. The van der Waals surface area contributed by atoms with Crippen LogP contribution in [-0.2, 0) is 29.1 Å². The third-order valence-corrected chi connectivity index (χ3v) is 6.23. The van der Waals surface area contributed by atoms with Gasteiger partial charge in [-0.1, -0.05) is 91.0 Å². The Hall–Kier alpha value is -2.46. The molecule has 1 N–H and O–H groups in total. The van der Waals surface area contributed by atoms with Crippen LogP contribution in [0.25, 0.3) is 0 Å². The number of ether oxygens (including phenoxy) is 2. The smallest absolute Gasteiger partial charge is 0.0891 e. The van der Waals surface area contributed by atoms with E-state index >= 15 is 0 Å². The van der Waals surface area contributed by atoms with Crippen LogP contribution < -0.4 is 0 Å². The molecule has 0 bridgehead atoms. The summed E-state index contributed by atoms with van der Waals surface area (Å²) in [5.74, 6) is 0.545. The van der Waals surface area contributed by atoms with Crippen molar-refractivity contribution in [2.75, 3.05) is 6.61 Å². The molecule has 1 fully saturated rings. The van der Waals surface area contributed by atoms with Crippen LogP contribution in [0.5, 0.6) is 0 Å². The van der Waals surface area contributed by atoms with E-state index in [0.717, 1.165) is 30.4 Å². The topological polar surface area (TPSA) is 38.7 Å². The second-order valence-electron chi connectivity index (χ2n) is 8.57. The van der Waals surface area contributed by atoms with Gasteiger partial charge in [-0.3, -0.25) is 0 Å². The Bertz CT molecular complexity index is 882. The van der Waals surface area contributed by atoms with Crippen molar-refractivity contribution in [2.45, 2.75) is 44.7 Å². The predicted octanol–water partition coefficient (Wildman–Crippen LogP) is 5.42. The first-order valence-corrected chi connectivity index (χ1v) is 11.3. The Morgan fingerprint density at radius 1 is 0.645 bits per heavy atom. The zero-order valence-electron chi connectivity index (χ0n) is 18.0. The van der Waals surface area contributed by atoms with Crippen molar-refractivity contribution in [3.8, 4) is 0 Å². The summed E-state index contributed by atoms with van der Waals surface area (Å²) in [5, 5.41) is 10.2. The summed E-state index contributed by atoms with van der Waals surface area (Å²) >= 11 is 0. The van der Waals surface area contributed by atoms with E-state index in [0.29, 0.717) is 19.1 Å². The minimum absolute atomic E-state index is 0.0384. The van der Waals surface area contributed by atoms with Gasteiger partial charge in [-0.25, -0.2) is 0 Å². The normalized spacial score (nSPS) is 23.5. The van der Waals surface area contributed by atoms with Gasteiger partial charge in [-0.05, 0) is 41.9 Å². The summed E-state index contributed by atoms with van der Waals surface area (Å²) in [6, 6.07) is 31.1. The van der Waals surface area contributed by atoms with Crippen molar-refractivity contribution in [2.24, 2.45) is 11.8 Å². The van der Waals surface area contributed by atoms with Crippen molar-refractivity contribution in [1.29, 1.82) is 0 Å². The van der Waals surface area contributed by atoms with Gasteiger partial charge in [-0.15, -0.1) is 0 Å². The molecule has 0 aliphatic heterocycles. The lowest BCUT2D eigenvalue weighted by atomic mass is 9.75. The number of aliphatic hydroxyl groups excluding tert-OH is 1. The number of hydrogen-bond donors (Lipinski definition) is 1. The number of benzene rings is 3. The van der Waals surface area contributed by atoms with Crippen LogP contribution in [-0.4, -0.2) is 23.9 Å². The fraction of sp³-hybridized carbons (Fsp3) is 0.357. The number of rotatable bonds is 9. The highest BCUT2D eigenvalue weighted by atomic mass is 16.5. The first-order valence-electron chi connectivity index (χ1n) is 11.3. The first kappa shape index (κ1) is 21.8. The molecule has 4 atom stereocenters. The molecule has 3 heteroatoms. The van der Waals surface area contributed by atoms with E-state index in [1.54, 1.807) is 0 Å². The third-order valence-electron chi connectivity index (χ3n) is 6.23. The van der Waals surface area contributed by atoms with Crippen molar-refractivity contribution in [3.63, 3.8) is 0 Å². The first-order chi connectivity index (χ1) is 15.3. The summed E-state index contributed by atoms with van der Waals surface area (Å²) in [6.07, 6.45) is 2.76. The summed E-state index contributed by atoms with van der Waals surface area (Å²) in [5.41, 5.74) is 3.65. The lowest BCUT2D eigenvalue weighted by molar-refractivity contribution is -0.146. The summed E-state index contributed by atoms with van der Waals surface area (Å²) in [7, 11) is 0. The van der Waals surface area contributed by atoms with Crippen LogP contribution >= 0.6 is 0 Å². The molecule has 0 aromatic heterocycles. The van der Waals surface area contributed by atoms with E-state index < -0.39 is 0 Å². The van der Waals surface area contributed by atoms with Crippen LogP contribution in [0.2, 0.25) is 0 Å². The van der Waals surface area contributed by atoms with Gasteiger partial charge >= 0.3 is 0 Å². The third kappa shape index (κ3) is 6.27. The monoisotopic (exact) mass is 416 g/mol. The molecule has 0 heterocycles. The van der Waals surface area contributed by atoms with Crippen molar-refractivity contribution in [3.05, 3.63) is 108 Å². The molecule has 0 radical (unpaired) electrons. The molecule has 0 amide bonds. The highest BCUT2D eigenvalue weighted by Gasteiger charge is 2.39. The molecule has 1 aliphatic carbocycles. The molecular formula is C28H32O3. The van der Waals surface area contributed by atoms with E-state index in [-0.39, 0.29) is 24.7 Å². The minimum Gasteiger partial charge on any atom is -0.396 e. The second-order valence-corrected chi connectivity index (χ2v) is 8.57. The zero-order valence-corrected chi connectivity index (χ0v) is 18.0. The molecule has 3 aromatic carbocycles. The van der Waals surface area contributed by atoms with Crippen LogP contribution in [0.3, 0.4) is 0 Å². The number of aliphatic hydroxyl groups is 1. The summed E-state index contributed by atoms with van der Waals surface area (Å²) in [6.45, 7) is 1.22. The largest absolute Gasteiger partial charge is 0.396 e. The molecule has 3 aromatic rings. The molecule has 4 unspecified atom stereocenters. The van der Waals surface area contributed by atoms with Gasteiger partial charge in [0.15, 0.2) is 0 Å². The van der Waals surface area contributed by atoms with Gasteiger partial charge in [0.2, 0.25) is 0 Å². The molecule has 0 spiro atoms. The van der Waals surface area contributed by atoms with Crippen molar-refractivity contribution < 1.29 is 14.6 Å². The van der Waals surface area contributed by atoms with Gasteiger partial charge in [0.1, 0.15) is 0 Å². The van der Waals surface area contributed by atoms with Gasteiger partial charge in [0, 0.05) is 12.5 Å². The Labute approximate surface area is 185 Å². The van der Waals surface area contributed by atoms with Crippen LogP contribution in [0.1, 0.15) is 29.5 Å². The molecule has 0 saturated heterocycles. The maximum atomic E-state index is 10.2. The van der Waals surface area contributed by atoms with E-state index in [4.69, 9.17) is 9.47 Å². The average molecular weight is 417 g/mol. The SMILES string of the molecule is OCC1CC(Cc2ccccc2)CC(OCc2ccccc2)C1OCc1ccccc1. The predicted molar refractivity (Wildman–Crippen MR) is 123 cm³/mol. The van der Waals surface area contributed by atoms with Crippen LogP contribution in [0.15, 0.2) is 91.0 Å². The van der Waals surface area contributed by atoms with Gasteiger partial charge < -0.3 is 14.6 Å². The van der Waals surface area contributed by atoms with Gasteiger partial charge in [-0.2, -0.15) is 0 Å². The van der Waals surface area contributed by atoms with Crippen LogP contribution in [0.4, 0.5) is 0 Å². The molecular weight excluding hydrogens is 384 g/mol. The summed E-state index contributed by atoms with van der Waals surface area (Å²) in [4.78, 5) is 0. The quantitative estimate of drug-likeness (QED) is 0.506. The Morgan fingerprint density at radius 3 is 1.71 bits per heavy atom. The fourth-order valence-electron chi connectivity index (χ4n) is 4.67. The fourth-order valence-corrected chi connectivity index (χ4v) is 4.67. The van der Waals surface area contributed by atoms with Gasteiger partial charge in [0.05, 0.1) is 25.4 Å². The molecule has 1 saturated carbocycles. The van der Waals surface area contributed by atoms with E-state index in [1.165, 1.54) is 5.56 Å². The molecule has 162 valence electrons. The average Bonchev–Trinajstić information content (AvgIpc) is 2.83. The Balaban J connectivity index is 1.47. The van der Waals surface area contributed by atoms with Gasteiger partial charge in [0.25, 0.3) is 0 Å². The highest BCUT2D eigenvalue weighted by molar-refractivity contribution is 5.16. The maximum absolute atomic E-state index is 10.2. The summed E-state index contributed by atoms with van der Waals surface area (Å²) < 4.78 is 12.8. The van der Waals surface area contributed by atoms with Crippen molar-refractivity contribution in [1.82, 2.24) is 0 Å². The molecule has 1 aliphatic rings. The number of hydrogen-bond acceptors (Lipinski definition) is 3. The van der Waals surface area contributed by atoms with Crippen molar-refractivity contribution >= 4 is 0 Å². The Morgan fingerprint density at radius 2 is 1.16 bits per heavy atom.